The summed E-state index contributed by atoms with van der Waals surface area (Å²) in [6, 6.07) is 7.13. The molecule has 3 aliphatic carbocycles. The molecule has 0 heterocycles. The van der Waals surface area contributed by atoms with Crippen LogP contribution in [-0.2, 0) is 0 Å². The molecule has 28 heavy (non-hydrogen) atoms. The van der Waals surface area contributed by atoms with Crippen molar-refractivity contribution in [1.29, 1.82) is 0 Å². The summed E-state index contributed by atoms with van der Waals surface area (Å²) < 4.78 is 0. The average Bonchev–Trinajstić information content (AvgIpc) is 2.71. The zero-order chi connectivity index (χ0) is 19.6. The predicted octanol–water partition coefficient (Wildman–Crippen LogP) is 8.55. The second-order valence-corrected chi connectivity index (χ2v) is 13.1. The Kier molecular flexibility index (Phi) is 6.46. The van der Waals surface area contributed by atoms with Gasteiger partial charge in [-0.3, -0.25) is 0 Å². The maximum absolute atomic E-state index is 2.66. The number of hydrogen-bond acceptors (Lipinski definition) is 0. The monoisotopic (exact) mass is 394 g/mol. The van der Waals surface area contributed by atoms with Crippen LogP contribution in [0.2, 0.25) is 0 Å². The lowest BCUT2D eigenvalue weighted by atomic mass is 9.84. The lowest BCUT2D eigenvalue weighted by molar-refractivity contribution is 0.477. The molecule has 0 spiro atoms. The minimum absolute atomic E-state index is 0.000280. The van der Waals surface area contributed by atoms with Crippen LogP contribution in [0.1, 0.15) is 94.2 Å². The molecule has 1 unspecified atom stereocenters. The molecule has 0 aromatic heterocycles. The van der Waals surface area contributed by atoms with Crippen molar-refractivity contribution in [2.75, 3.05) is 0 Å². The van der Waals surface area contributed by atoms with E-state index in [1.165, 1.54) is 87.3 Å². The standard InChI is InChI=1S/C27H39P/c1-21-17-18-25(22(2)20-21)26-16-10-11-19-27(26,3)28(23-12-6-4-7-13-23)24-14-8-5-9-15-24/h10-11,16-18,20,23-24H,4-9,12-15,19H2,1-3H3. The van der Waals surface area contributed by atoms with E-state index in [1.54, 1.807) is 5.57 Å². The van der Waals surface area contributed by atoms with Gasteiger partial charge in [-0.25, -0.2) is 0 Å². The van der Waals surface area contributed by atoms with Crippen molar-refractivity contribution >= 4 is 13.5 Å². The number of aryl methyl sites for hydroxylation is 2. The van der Waals surface area contributed by atoms with Crippen LogP contribution >= 0.6 is 7.92 Å². The van der Waals surface area contributed by atoms with Gasteiger partial charge in [0.2, 0.25) is 0 Å². The normalized spacial score (nSPS) is 27.2. The third kappa shape index (κ3) is 4.05. The highest BCUT2D eigenvalue weighted by Gasteiger charge is 2.46. The van der Waals surface area contributed by atoms with Gasteiger partial charge in [0, 0.05) is 5.16 Å². The molecule has 1 heteroatoms. The van der Waals surface area contributed by atoms with E-state index in [2.05, 4.69) is 57.2 Å². The van der Waals surface area contributed by atoms with Gasteiger partial charge in [0.25, 0.3) is 0 Å². The van der Waals surface area contributed by atoms with Gasteiger partial charge in [-0.05, 0) is 74.0 Å². The molecule has 0 saturated heterocycles. The van der Waals surface area contributed by atoms with Crippen LogP contribution in [0.4, 0.5) is 0 Å². The molecule has 4 rings (SSSR count). The molecule has 1 aromatic rings. The number of rotatable bonds is 4. The largest absolute Gasteiger partial charge is 0.0894 e. The van der Waals surface area contributed by atoms with Crippen molar-refractivity contribution in [3.05, 3.63) is 53.1 Å². The van der Waals surface area contributed by atoms with Crippen molar-refractivity contribution in [2.45, 2.75) is 108 Å². The molecule has 0 amide bonds. The average molecular weight is 395 g/mol. The van der Waals surface area contributed by atoms with Crippen LogP contribution in [0.5, 0.6) is 0 Å². The van der Waals surface area contributed by atoms with Gasteiger partial charge in [0.15, 0.2) is 0 Å². The highest BCUT2D eigenvalue weighted by Crippen LogP contribution is 2.68. The van der Waals surface area contributed by atoms with E-state index < -0.39 is 0 Å². The van der Waals surface area contributed by atoms with E-state index in [9.17, 15) is 0 Å². The summed E-state index contributed by atoms with van der Waals surface area (Å²) in [6.07, 6.45) is 23.4. The predicted molar refractivity (Wildman–Crippen MR) is 127 cm³/mol. The lowest BCUT2D eigenvalue weighted by Crippen LogP contribution is -2.36. The van der Waals surface area contributed by atoms with Crippen molar-refractivity contribution in [2.24, 2.45) is 0 Å². The van der Waals surface area contributed by atoms with Gasteiger partial charge in [0.05, 0.1) is 0 Å². The molecule has 0 aliphatic heterocycles. The first-order valence-electron chi connectivity index (χ1n) is 11.8. The fraction of sp³-hybridized carbons (Fsp3) is 0.630. The molecule has 2 fully saturated rings. The first-order valence-corrected chi connectivity index (χ1v) is 13.3. The SMILES string of the molecule is Cc1ccc(C2=CC=CCC2(C)P(C2CCCCC2)C2CCCCC2)c(C)c1. The fourth-order valence-electron chi connectivity index (χ4n) is 6.31. The van der Waals surface area contributed by atoms with E-state index in [4.69, 9.17) is 0 Å². The van der Waals surface area contributed by atoms with E-state index >= 15 is 0 Å². The molecular formula is C27H39P. The van der Waals surface area contributed by atoms with Crippen LogP contribution in [0.15, 0.2) is 36.4 Å². The lowest BCUT2D eigenvalue weighted by Gasteiger charge is -2.51. The maximum Gasteiger partial charge on any atom is 0.0172 e. The van der Waals surface area contributed by atoms with Crippen LogP contribution < -0.4 is 0 Å². The van der Waals surface area contributed by atoms with Crippen molar-refractivity contribution in [3.63, 3.8) is 0 Å². The molecule has 0 N–H and O–H groups in total. The van der Waals surface area contributed by atoms with E-state index in [0.29, 0.717) is 5.16 Å². The van der Waals surface area contributed by atoms with Crippen LogP contribution in [0.3, 0.4) is 0 Å². The molecule has 0 nitrogen and oxygen atoms in total. The summed E-state index contributed by atoms with van der Waals surface area (Å²) in [5, 5.41) is 0.355. The zero-order valence-corrected chi connectivity index (χ0v) is 19.2. The minimum Gasteiger partial charge on any atom is -0.0894 e. The summed E-state index contributed by atoms with van der Waals surface area (Å²) in [5.74, 6) is 0. The van der Waals surface area contributed by atoms with Crippen LogP contribution in [0, 0.1) is 13.8 Å². The molecule has 0 radical (unpaired) electrons. The summed E-state index contributed by atoms with van der Waals surface area (Å²) >= 11 is 0. The number of benzene rings is 1. The van der Waals surface area contributed by atoms with Crippen molar-refractivity contribution in [1.82, 2.24) is 0 Å². The van der Waals surface area contributed by atoms with Gasteiger partial charge < -0.3 is 0 Å². The van der Waals surface area contributed by atoms with Gasteiger partial charge in [0.1, 0.15) is 0 Å². The quantitative estimate of drug-likeness (QED) is 0.449. The van der Waals surface area contributed by atoms with Gasteiger partial charge in [-0.1, -0.05) is 95.4 Å². The minimum atomic E-state index is 0.000280. The second kappa shape index (κ2) is 8.87. The molecular weight excluding hydrogens is 355 g/mol. The number of hydrogen-bond donors (Lipinski definition) is 0. The molecule has 0 bridgehead atoms. The zero-order valence-electron chi connectivity index (χ0n) is 18.3. The third-order valence-electron chi connectivity index (χ3n) is 7.67. The van der Waals surface area contributed by atoms with Crippen molar-refractivity contribution < 1.29 is 0 Å². The summed E-state index contributed by atoms with van der Waals surface area (Å²) in [5.41, 5.74) is 8.04. The summed E-state index contributed by atoms with van der Waals surface area (Å²) in [6.45, 7) is 7.21. The Morgan fingerprint density at radius 1 is 0.857 bits per heavy atom. The van der Waals surface area contributed by atoms with Gasteiger partial charge >= 0.3 is 0 Å². The molecule has 152 valence electrons. The highest BCUT2D eigenvalue weighted by molar-refractivity contribution is 7.61. The Labute approximate surface area is 174 Å². The summed E-state index contributed by atoms with van der Waals surface area (Å²) in [4.78, 5) is 0. The second-order valence-electron chi connectivity index (χ2n) is 9.80. The first-order chi connectivity index (χ1) is 13.6. The van der Waals surface area contributed by atoms with Gasteiger partial charge in [-0.15, -0.1) is 0 Å². The van der Waals surface area contributed by atoms with Crippen LogP contribution in [0.25, 0.3) is 5.57 Å². The van der Waals surface area contributed by atoms with Gasteiger partial charge in [-0.2, -0.15) is 0 Å². The van der Waals surface area contributed by atoms with Crippen LogP contribution in [-0.4, -0.2) is 16.5 Å². The highest BCUT2D eigenvalue weighted by atomic mass is 31.1. The topological polar surface area (TPSA) is 0 Å². The molecule has 1 aromatic carbocycles. The van der Waals surface area contributed by atoms with E-state index in [-0.39, 0.29) is 7.92 Å². The van der Waals surface area contributed by atoms with E-state index in [0.717, 1.165) is 11.3 Å². The summed E-state index contributed by atoms with van der Waals surface area (Å²) in [7, 11) is 0.000280. The maximum atomic E-state index is 2.66. The smallest absolute Gasteiger partial charge is 0.0172 e. The first kappa shape index (κ1) is 20.4. The molecule has 2 saturated carbocycles. The molecule has 1 atom stereocenters. The Morgan fingerprint density at radius 2 is 1.46 bits per heavy atom. The fourth-order valence-corrected chi connectivity index (χ4v) is 11.2. The Balaban J connectivity index is 1.75. The Morgan fingerprint density at radius 3 is 2.04 bits per heavy atom. The van der Waals surface area contributed by atoms with E-state index in [1.807, 2.05) is 0 Å². The Hall–Kier alpha value is -0.870. The Bertz CT molecular complexity index is 713. The number of allylic oxidation sites excluding steroid dienone is 4. The molecule has 3 aliphatic rings. The third-order valence-corrected chi connectivity index (χ3v) is 11.8. The van der Waals surface area contributed by atoms with Crippen molar-refractivity contribution in [3.8, 4) is 0 Å².